The van der Waals surface area contributed by atoms with Crippen molar-refractivity contribution in [2.24, 2.45) is 0 Å². The summed E-state index contributed by atoms with van der Waals surface area (Å²) in [6.07, 6.45) is -1.71. The van der Waals surface area contributed by atoms with Crippen molar-refractivity contribution in [2.45, 2.75) is 32.0 Å². The number of nitrogens with zero attached hydrogens (tertiary/aromatic N) is 2. The van der Waals surface area contributed by atoms with Gasteiger partial charge in [-0.05, 0) is 43.5 Å². The van der Waals surface area contributed by atoms with Gasteiger partial charge in [0.05, 0.1) is 5.56 Å². The van der Waals surface area contributed by atoms with Gasteiger partial charge < -0.3 is 4.90 Å². The van der Waals surface area contributed by atoms with E-state index in [4.69, 9.17) is 0 Å². The zero-order valence-corrected chi connectivity index (χ0v) is 11.6. The lowest BCUT2D eigenvalue weighted by Gasteiger charge is -2.36. The highest BCUT2D eigenvalue weighted by atomic mass is 19.4. The highest BCUT2D eigenvalue weighted by molar-refractivity contribution is 5.52. The monoisotopic (exact) mass is 284 g/mol. The van der Waals surface area contributed by atoms with Crippen LogP contribution in [0.25, 0.3) is 0 Å². The number of rotatable bonds is 2. The molecule has 2 nitrogen and oxygen atoms in total. The van der Waals surface area contributed by atoms with Crippen LogP contribution in [0.3, 0.4) is 0 Å². The summed E-state index contributed by atoms with van der Waals surface area (Å²) in [6, 6.07) is 5.08. The molecule has 0 aromatic heterocycles. The van der Waals surface area contributed by atoms with E-state index in [0.29, 0.717) is 11.3 Å². The van der Waals surface area contributed by atoms with Crippen LogP contribution in [-0.2, 0) is 6.18 Å². The van der Waals surface area contributed by atoms with Gasteiger partial charge in [-0.3, -0.25) is 4.90 Å². The highest BCUT2D eigenvalue weighted by Gasteiger charge is 2.33. The summed E-state index contributed by atoms with van der Waals surface area (Å²) in [6.45, 7) is 5.27. The van der Waals surface area contributed by atoms with Gasteiger partial charge in [-0.2, -0.15) is 13.2 Å². The van der Waals surface area contributed by atoms with E-state index < -0.39 is 11.7 Å². The van der Waals surface area contributed by atoms with Gasteiger partial charge in [0, 0.05) is 37.9 Å². The Morgan fingerprint density at radius 3 is 2.20 bits per heavy atom. The first-order valence-corrected chi connectivity index (χ1v) is 7.11. The van der Waals surface area contributed by atoms with Crippen LogP contribution in [0, 0.1) is 6.92 Å². The second-order valence-electron chi connectivity index (χ2n) is 5.81. The number of benzene rings is 1. The maximum Gasteiger partial charge on any atom is 0.416 e. The van der Waals surface area contributed by atoms with Gasteiger partial charge in [0.1, 0.15) is 0 Å². The number of hydrogen-bond donors (Lipinski definition) is 0. The van der Waals surface area contributed by atoms with Gasteiger partial charge in [-0.1, -0.05) is 0 Å². The van der Waals surface area contributed by atoms with Crippen molar-refractivity contribution in [3.8, 4) is 0 Å². The number of alkyl halides is 3. The number of hydrogen-bond acceptors (Lipinski definition) is 2. The van der Waals surface area contributed by atoms with Crippen LogP contribution in [0.4, 0.5) is 18.9 Å². The average Bonchev–Trinajstić information content (AvgIpc) is 3.21. The van der Waals surface area contributed by atoms with Crippen LogP contribution in [0.15, 0.2) is 18.2 Å². The molecule has 0 unspecified atom stereocenters. The number of aryl methyl sites for hydroxylation is 1. The standard InChI is InChI=1S/C15H19F3N2/c1-11-8-12(15(16,17)18)10-14(9-11)20-6-4-19(5-7-20)13-2-3-13/h8-10,13H,2-7H2,1H3. The molecule has 20 heavy (non-hydrogen) atoms. The van der Waals surface area contributed by atoms with Crippen LogP contribution in [0.1, 0.15) is 24.0 Å². The van der Waals surface area contributed by atoms with Gasteiger partial charge in [0.25, 0.3) is 0 Å². The molecule has 0 amide bonds. The Morgan fingerprint density at radius 1 is 1.00 bits per heavy atom. The zero-order chi connectivity index (χ0) is 14.3. The van der Waals surface area contributed by atoms with Crippen molar-refractivity contribution in [2.75, 3.05) is 31.1 Å². The van der Waals surface area contributed by atoms with E-state index in [1.165, 1.54) is 25.0 Å². The third kappa shape index (κ3) is 2.92. The summed E-state index contributed by atoms with van der Waals surface area (Å²) in [4.78, 5) is 4.53. The summed E-state index contributed by atoms with van der Waals surface area (Å²) in [5.74, 6) is 0. The largest absolute Gasteiger partial charge is 0.416 e. The van der Waals surface area contributed by atoms with E-state index in [1.807, 2.05) is 6.07 Å². The van der Waals surface area contributed by atoms with E-state index in [-0.39, 0.29) is 0 Å². The minimum atomic E-state index is -4.27. The van der Waals surface area contributed by atoms with Crippen molar-refractivity contribution in [1.29, 1.82) is 0 Å². The quantitative estimate of drug-likeness (QED) is 0.822. The lowest BCUT2D eigenvalue weighted by molar-refractivity contribution is -0.137. The maximum absolute atomic E-state index is 12.9. The molecule has 1 saturated heterocycles. The van der Waals surface area contributed by atoms with E-state index in [2.05, 4.69) is 9.80 Å². The second kappa shape index (κ2) is 4.95. The van der Waals surface area contributed by atoms with E-state index in [0.717, 1.165) is 32.2 Å². The van der Waals surface area contributed by atoms with E-state index in [9.17, 15) is 13.2 Å². The van der Waals surface area contributed by atoms with Crippen LogP contribution in [0.2, 0.25) is 0 Å². The third-order valence-electron chi connectivity index (χ3n) is 4.13. The molecule has 1 saturated carbocycles. The van der Waals surface area contributed by atoms with Gasteiger partial charge >= 0.3 is 6.18 Å². The van der Waals surface area contributed by atoms with Gasteiger partial charge in [-0.15, -0.1) is 0 Å². The van der Waals surface area contributed by atoms with Crippen molar-refractivity contribution in [3.63, 3.8) is 0 Å². The van der Waals surface area contributed by atoms with E-state index in [1.54, 1.807) is 6.92 Å². The first kappa shape index (κ1) is 13.7. The van der Waals surface area contributed by atoms with Gasteiger partial charge in [0.2, 0.25) is 0 Å². The second-order valence-corrected chi connectivity index (χ2v) is 5.81. The molecule has 1 aliphatic carbocycles. The molecule has 5 heteroatoms. The average molecular weight is 284 g/mol. The number of halogens is 3. The molecule has 110 valence electrons. The lowest BCUT2D eigenvalue weighted by atomic mass is 10.1. The molecule has 2 fully saturated rings. The Balaban J connectivity index is 1.75. The first-order valence-electron chi connectivity index (χ1n) is 7.11. The summed E-state index contributed by atoms with van der Waals surface area (Å²) in [7, 11) is 0. The predicted octanol–water partition coefficient (Wildman–Crippen LogP) is 3.30. The predicted molar refractivity (Wildman–Crippen MR) is 73.0 cm³/mol. The Kier molecular flexibility index (Phi) is 3.40. The summed E-state index contributed by atoms with van der Waals surface area (Å²) >= 11 is 0. The molecule has 0 radical (unpaired) electrons. The molecule has 0 spiro atoms. The minimum absolute atomic E-state index is 0.544. The molecule has 0 bridgehead atoms. The number of anilines is 1. The smallest absolute Gasteiger partial charge is 0.369 e. The highest BCUT2D eigenvalue weighted by Crippen LogP contribution is 2.34. The fraction of sp³-hybridized carbons (Fsp3) is 0.600. The molecule has 1 aliphatic heterocycles. The SMILES string of the molecule is Cc1cc(N2CCN(C3CC3)CC2)cc(C(F)(F)F)c1. The third-order valence-corrected chi connectivity index (χ3v) is 4.13. The Labute approximate surface area is 117 Å². The lowest BCUT2D eigenvalue weighted by Crippen LogP contribution is -2.47. The summed E-state index contributed by atoms with van der Waals surface area (Å²) < 4.78 is 38.6. The minimum Gasteiger partial charge on any atom is -0.369 e. The van der Waals surface area contributed by atoms with Crippen molar-refractivity contribution in [1.82, 2.24) is 4.90 Å². The van der Waals surface area contributed by atoms with Crippen LogP contribution >= 0.6 is 0 Å². The normalized spacial score (nSPS) is 21.3. The Morgan fingerprint density at radius 2 is 1.65 bits per heavy atom. The van der Waals surface area contributed by atoms with Crippen LogP contribution in [-0.4, -0.2) is 37.1 Å². The molecule has 1 aromatic carbocycles. The van der Waals surface area contributed by atoms with Crippen molar-refractivity contribution < 1.29 is 13.2 Å². The molecule has 1 aromatic rings. The Hall–Kier alpha value is -1.23. The first-order chi connectivity index (χ1) is 9.43. The molecule has 2 aliphatic rings. The van der Waals surface area contributed by atoms with E-state index >= 15 is 0 Å². The van der Waals surface area contributed by atoms with Gasteiger partial charge in [-0.25, -0.2) is 0 Å². The molecule has 0 atom stereocenters. The fourth-order valence-corrected chi connectivity index (χ4v) is 2.89. The molecular weight excluding hydrogens is 265 g/mol. The van der Waals surface area contributed by atoms with Crippen molar-refractivity contribution in [3.05, 3.63) is 29.3 Å². The maximum atomic E-state index is 12.9. The molecule has 3 rings (SSSR count). The molecule has 1 heterocycles. The number of piperazine rings is 1. The van der Waals surface area contributed by atoms with Gasteiger partial charge in [0.15, 0.2) is 0 Å². The topological polar surface area (TPSA) is 6.48 Å². The summed E-state index contributed by atoms with van der Waals surface area (Å²) in [5.41, 5.74) is 0.823. The zero-order valence-electron chi connectivity index (χ0n) is 11.6. The van der Waals surface area contributed by atoms with Crippen LogP contribution < -0.4 is 4.90 Å². The molecule has 0 N–H and O–H groups in total. The van der Waals surface area contributed by atoms with Crippen molar-refractivity contribution >= 4 is 5.69 Å². The molecular formula is C15H19F3N2. The summed E-state index contributed by atoms with van der Waals surface area (Å²) in [5, 5.41) is 0. The van der Waals surface area contributed by atoms with Crippen LogP contribution in [0.5, 0.6) is 0 Å². The Bertz CT molecular complexity index is 486. The fourth-order valence-electron chi connectivity index (χ4n) is 2.89.